The highest BCUT2D eigenvalue weighted by Crippen LogP contribution is 2.36. The van der Waals surface area contributed by atoms with E-state index in [-0.39, 0.29) is 11.3 Å². The predicted octanol–water partition coefficient (Wildman–Crippen LogP) is 2.45. The van der Waals surface area contributed by atoms with Crippen molar-refractivity contribution in [2.45, 2.75) is 38.0 Å². The number of likely N-dealkylation sites (tertiary alicyclic amines) is 1. The van der Waals surface area contributed by atoms with Crippen LogP contribution in [0.5, 0.6) is 0 Å². The lowest BCUT2D eigenvalue weighted by Gasteiger charge is -2.39. The molecule has 3 heterocycles. The summed E-state index contributed by atoms with van der Waals surface area (Å²) in [6.45, 7) is 5.40. The third-order valence-electron chi connectivity index (χ3n) is 4.64. The molecule has 3 rings (SSSR count). The summed E-state index contributed by atoms with van der Waals surface area (Å²) in [5.41, 5.74) is 0.147. The number of hydrogen-bond acceptors (Lipinski definition) is 4. The van der Waals surface area contributed by atoms with Crippen LogP contribution in [0.4, 0.5) is 0 Å². The molecule has 20 heavy (non-hydrogen) atoms. The molecule has 1 amide bonds. The molecular weight excluding hydrogens is 272 g/mol. The number of amides is 1. The van der Waals surface area contributed by atoms with E-state index in [0.29, 0.717) is 12.5 Å². The van der Waals surface area contributed by atoms with E-state index in [9.17, 15) is 4.79 Å². The second-order valence-electron chi connectivity index (χ2n) is 6.14. The van der Waals surface area contributed by atoms with E-state index in [1.54, 1.807) is 11.3 Å². The maximum absolute atomic E-state index is 12.5. The Kier molecular flexibility index (Phi) is 4.08. The highest BCUT2D eigenvalue weighted by molar-refractivity contribution is 7.09. The minimum Gasteiger partial charge on any atom is -0.381 e. The highest BCUT2D eigenvalue weighted by atomic mass is 32.1. The molecule has 1 atom stereocenters. The number of piperidine rings is 1. The number of aromatic nitrogens is 1. The summed E-state index contributed by atoms with van der Waals surface area (Å²) in [5.74, 6) is 0.388. The number of carbonyl (C=O) groups is 1. The molecule has 5 heteroatoms. The van der Waals surface area contributed by atoms with E-state index < -0.39 is 0 Å². The fourth-order valence-corrected chi connectivity index (χ4v) is 4.01. The van der Waals surface area contributed by atoms with E-state index in [0.717, 1.165) is 45.4 Å². The summed E-state index contributed by atoms with van der Waals surface area (Å²) in [4.78, 5) is 19.0. The summed E-state index contributed by atoms with van der Waals surface area (Å²) in [5, 5.41) is 3.25. The van der Waals surface area contributed by atoms with Gasteiger partial charge in [-0.1, -0.05) is 6.92 Å². The zero-order valence-electron chi connectivity index (χ0n) is 12.0. The smallest absolute Gasteiger partial charge is 0.228 e. The number of nitrogens with zero attached hydrogens (tertiary/aromatic N) is 2. The van der Waals surface area contributed by atoms with Gasteiger partial charge in [-0.3, -0.25) is 4.79 Å². The van der Waals surface area contributed by atoms with Gasteiger partial charge in [-0.25, -0.2) is 4.98 Å². The second kappa shape index (κ2) is 5.82. The SMILES string of the molecule is CC1(c2nccs2)CCN(C(=O)[C@H]2CCCOC2)CC1. The summed E-state index contributed by atoms with van der Waals surface area (Å²) < 4.78 is 5.44. The van der Waals surface area contributed by atoms with Crippen LogP contribution in [-0.4, -0.2) is 42.1 Å². The molecule has 0 aromatic carbocycles. The maximum Gasteiger partial charge on any atom is 0.228 e. The first-order valence-corrected chi connectivity index (χ1v) is 8.33. The lowest BCUT2D eigenvalue weighted by Crippen LogP contribution is -2.47. The van der Waals surface area contributed by atoms with E-state index in [1.807, 2.05) is 16.5 Å². The van der Waals surface area contributed by atoms with Gasteiger partial charge >= 0.3 is 0 Å². The highest BCUT2D eigenvalue weighted by Gasteiger charge is 2.37. The Morgan fingerprint density at radius 3 is 2.90 bits per heavy atom. The van der Waals surface area contributed by atoms with Gasteiger partial charge in [-0.2, -0.15) is 0 Å². The van der Waals surface area contributed by atoms with Gasteiger partial charge in [0.05, 0.1) is 17.5 Å². The van der Waals surface area contributed by atoms with Gasteiger partial charge in [0, 0.05) is 36.7 Å². The number of ether oxygens (including phenoxy) is 1. The standard InChI is InChI=1S/C15H22N2O2S/c1-15(14-16-6-10-20-14)4-7-17(8-5-15)13(18)12-3-2-9-19-11-12/h6,10,12H,2-5,7-9,11H2,1H3/t12-/m0/s1. The van der Waals surface area contributed by atoms with E-state index in [2.05, 4.69) is 11.9 Å². The van der Waals surface area contributed by atoms with Crippen LogP contribution in [0.3, 0.4) is 0 Å². The molecule has 0 unspecified atom stereocenters. The zero-order chi connectivity index (χ0) is 14.0. The number of hydrogen-bond donors (Lipinski definition) is 0. The van der Waals surface area contributed by atoms with Gasteiger partial charge in [-0.15, -0.1) is 11.3 Å². The van der Waals surface area contributed by atoms with Crippen molar-refractivity contribution in [1.82, 2.24) is 9.88 Å². The molecule has 2 aliphatic heterocycles. The first kappa shape index (κ1) is 14.0. The van der Waals surface area contributed by atoms with Crippen LogP contribution in [0, 0.1) is 5.92 Å². The molecular formula is C15H22N2O2S. The van der Waals surface area contributed by atoms with Crippen molar-refractivity contribution >= 4 is 17.2 Å². The Labute approximate surface area is 124 Å². The Balaban J connectivity index is 1.59. The molecule has 1 aromatic rings. The third kappa shape index (κ3) is 2.74. The van der Waals surface area contributed by atoms with E-state index >= 15 is 0 Å². The average Bonchev–Trinajstić information content (AvgIpc) is 3.03. The van der Waals surface area contributed by atoms with Gasteiger partial charge in [0.15, 0.2) is 0 Å². The lowest BCUT2D eigenvalue weighted by molar-refractivity contribution is -0.141. The Hall–Kier alpha value is -0.940. The van der Waals surface area contributed by atoms with E-state index in [4.69, 9.17) is 4.74 Å². The van der Waals surface area contributed by atoms with Gasteiger partial charge in [0.1, 0.15) is 0 Å². The molecule has 4 nitrogen and oxygen atoms in total. The van der Waals surface area contributed by atoms with Crippen LogP contribution in [0.1, 0.15) is 37.6 Å². The summed E-state index contributed by atoms with van der Waals surface area (Å²) in [6, 6.07) is 0. The van der Waals surface area contributed by atoms with Gasteiger partial charge in [0.25, 0.3) is 0 Å². The Morgan fingerprint density at radius 2 is 2.30 bits per heavy atom. The van der Waals surface area contributed by atoms with Crippen molar-refractivity contribution in [2.24, 2.45) is 5.92 Å². The summed E-state index contributed by atoms with van der Waals surface area (Å²) in [7, 11) is 0. The van der Waals surface area contributed by atoms with Crippen molar-refractivity contribution in [3.8, 4) is 0 Å². The first-order chi connectivity index (χ1) is 9.69. The van der Waals surface area contributed by atoms with E-state index in [1.165, 1.54) is 5.01 Å². The minimum absolute atomic E-state index is 0.0907. The molecule has 0 bridgehead atoms. The number of thiazole rings is 1. The Morgan fingerprint density at radius 1 is 1.50 bits per heavy atom. The van der Waals surface area contributed by atoms with Crippen LogP contribution in [0.25, 0.3) is 0 Å². The van der Waals surface area contributed by atoms with Crippen LogP contribution < -0.4 is 0 Å². The van der Waals surface area contributed by atoms with Gasteiger partial charge in [0.2, 0.25) is 5.91 Å². The normalized spacial score (nSPS) is 26.4. The number of carbonyl (C=O) groups excluding carboxylic acids is 1. The molecule has 2 saturated heterocycles. The molecule has 0 radical (unpaired) electrons. The second-order valence-corrected chi connectivity index (χ2v) is 7.03. The van der Waals surface area contributed by atoms with Gasteiger partial charge < -0.3 is 9.64 Å². The topological polar surface area (TPSA) is 42.4 Å². The largest absolute Gasteiger partial charge is 0.381 e. The molecule has 2 aliphatic rings. The number of rotatable bonds is 2. The maximum atomic E-state index is 12.5. The first-order valence-electron chi connectivity index (χ1n) is 7.45. The monoisotopic (exact) mass is 294 g/mol. The van der Waals surface area contributed by atoms with Crippen molar-refractivity contribution in [3.05, 3.63) is 16.6 Å². The summed E-state index contributed by atoms with van der Waals surface area (Å²) >= 11 is 1.73. The third-order valence-corrected chi connectivity index (χ3v) is 5.72. The van der Waals surface area contributed by atoms with Crippen LogP contribution >= 0.6 is 11.3 Å². The molecule has 1 aromatic heterocycles. The quantitative estimate of drug-likeness (QED) is 0.841. The molecule has 110 valence electrons. The van der Waals surface area contributed by atoms with Crippen molar-refractivity contribution in [1.29, 1.82) is 0 Å². The predicted molar refractivity (Wildman–Crippen MR) is 78.8 cm³/mol. The molecule has 2 fully saturated rings. The molecule has 0 N–H and O–H groups in total. The van der Waals surface area contributed by atoms with Crippen LogP contribution in [0.2, 0.25) is 0 Å². The van der Waals surface area contributed by atoms with Crippen molar-refractivity contribution in [3.63, 3.8) is 0 Å². The molecule has 0 aliphatic carbocycles. The van der Waals surface area contributed by atoms with Crippen molar-refractivity contribution < 1.29 is 9.53 Å². The molecule has 0 spiro atoms. The van der Waals surface area contributed by atoms with Gasteiger partial charge in [-0.05, 0) is 25.7 Å². The lowest BCUT2D eigenvalue weighted by atomic mass is 9.80. The van der Waals surface area contributed by atoms with Crippen LogP contribution in [0.15, 0.2) is 11.6 Å². The zero-order valence-corrected chi connectivity index (χ0v) is 12.8. The average molecular weight is 294 g/mol. The fourth-order valence-electron chi connectivity index (χ4n) is 3.15. The Bertz CT molecular complexity index is 446. The van der Waals surface area contributed by atoms with Crippen molar-refractivity contribution in [2.75, 3.05) is 26.3 Å². The minimum atomic E-state index is 0.0907. The van der Waals surface area contributed by atoms with Crippen LogP contribution in [-0.2, 0) is 14.9 Å². The molecule has 0 saturated carbocycles. The summed E-state index contributed by atoms with van der Waals surface area (Å²) in [6.07, 6.45) is 5.90. The fraction of sp³-hybridized carbons (Fsp3) is 0.733.